The molecule has 0 aromatic heterocycles. The molecule has 0 amide bonds. The molecule has 0 aromatic rings. The normalized spacial score (nSPS) is 70.7. The Morgan fingerprint density at radius 1 is 0.744 bits per heavy atom. The van der Waals surface area contributed by atoms with Crippen LogP contribution in [0.1, 0.15) is 67.2 Å². The minimum absolute atomic E-state index is 0.0678. The number of fused-ring (bicyclic) bond motifs is 10. The molecule has 12 aliphatic heterocycles. The molecule has 2 N–H and O–H groups in total. The first-order valence-corrected chi connectivity index (χ1v) is 33.8. The SMILES string of the molecule is CC(C)(C)P(C[C]12[C]3(C(P)(C4CCCNC4)C4CCCNC4)[CH]4[C]5([Si](C)(C)C)[C]1([Si](C)(C)C)[Fe]42351678[CH]2[CH]1[CH]6[CH]7[CH]28)C(C)(C)C. The third-order valence-corrected chi connectivity index (χ3v) is 93.1. The maximum atomic E-state index is 4.07. The Morgan fingerprint density at radius 2 is 1.19 bits per heavy atom. The van der Waals surface area contributed by atoms with E-state index in [9.17, 15) is 0 Å². The summed E-state index contributed by atoms with van der Waals surface area (Å²) in [5.74, 6) is 1.81. The molecule has 0 aromatic carbocycles. The van der Waals surface area contributed by atoms with Crippen LogP contribution in [0.5, 0.6) is 0 Å². The van der Waals surface area contributed by atoms with Gasteiger partial charge in [-0.15, -0.1) is 0 Å². The van der Waals surface area contributed by atoms with Crippen molar-refractivity contribution in [2.75, 3.05) is 32.3 Å². The minimum atomic E-state index is -4.26. The fraction of sp³-hybridized carbons (Fsp3) is 1.00. The van der Waals surface area contributed by atoms with Gasteiger partial charge in [0.1, 0.15) is 0 Å². The van der Waals surface area contributed by atoms with Crippen LogP contribution in [0.3, 0.4) is 0 Å². The number of hydrogen-bond donors (Lipinski definition) is 2. The second kappa shape index (κ2) is 4.15. The van der Waals surface area contributed by atoms with Crippen molar-refractivity contribution < 1.29 is 6.51 Å². The predicted molar refractivity (Wildman–Crippen MR) is 195 cm³/mol. The molecule has 12 rings (SSSR count). The topological polar surface area (TPSA) is 24.1 Å². The fourth-order valence-corrected chi connectivity index (χ4v) is 176. The second-order valence-electron chi connectivity index (χ2n) is 24.5. The number of nitrogens with one attached hydrogen (secondary N) is 2. The van der Waals surface area contributed by atoms with Gasteiger partial charge in [-0.25, -0.2) is 0 Å². The van der Waals surface area contributed by atoms with E-state index in [2.05, 4.69) is 101 Å². The van der Waals surface area contributed by atoms with Crippen molar-refractivity contribution in [3.8, 4) is 0 Å². The predicted octanol–water partition coefficient (Wildman–Crippen LogP) is 10.3. The van der Waals surface area contributed by atoms with Crippen molar-refractivity contribution in [2.24, 2.45) is 11.8 Å². The first-order valence-electron chi connectivity index (χ1n) is 18.7. The molecule has 12 fully saturated rings. The Hall–Kier alpha value is 1.73. The van der Waals surface area contributed by atoms with E-state index in [1.807, 2.05) is 0 Å². The summed E-state index contributed by atoms with van der Waals surface area (Å²) in [7, 11) is 1.15. The van der Waals surface area contributed by atoms with Crippen molar-refractivity contribution in [1.82, 2.24) is 10.6 Å². The molecule has 1 spiro atoms. The quantitative estimate of drug-likeness (QED) is 0.204. The molecule has 12 saturated heterocycles. The molecule has 12 heterocycles. The average Bonchev–Trinajstić information content (AvgIpc) is 3.84. The summed E-state index contributed by atoms with van der Waals surface area (Å²) < 4.78 is 3.63. The van der Waals surface area contributed by atoms with Crippen molar-refractivity contribution in [3.05, 3.63) is 0 Å². The van der Waals surface area contributed by atoms with Crippen LogP contribution in [-0.2, 0) is 6.51 Å². The standard InChI is InChI=1S/C31H61N2P2Si2.C5H5.Fe/c1-29(2,3)35(30(4,5)6)22-25-26(19-27(36(7,8)9)28(25)37(10,11)12)31(34,23-15-13-17-32-20-23)24-16-14-18-33-21-24;1-2-4-5-3-1;/h19,23-24,32-33H,13-18,20-22,34H2,1-12H3;1-5H;. The van der Waals surface area contributed by atoms with E-state index in [-0.39, 0.29) is 7.92 Å². The number of hydrogen-bond acceptors (Lipinski definition) is 2. The van der Waals surface area contributed by atoms with Gasteiger partial charge in [-0.05, 0) is 0 Å². The van der Waals surface area contributed by atoms with Crippen LogP contribution >= 0.6 is 17.2 Å². The summed E-state index contributed by atoms with van der Waals surface area (Å²) in [6, 6.07) is 0. The van der Waals surface area contributed by atoms with Crippen LogP contribution in [0, 0.1) is 11.8 Å². The van der Waals surface area contributed by atoms with E-state index in [0.717, 1.165) is 28.3 Å². The Labute approximate surface area is 260 Å². The van der Waals surface area contributed by atoms with Gasteiger partial charge in [0.15, 0.2) is 0 Å². The number of piperidine rings is 2. The molecule has 0 radical (unpaired) electrons. The first-order chi connectivity index (χ1) is 19.5. The van der Waals surface area contributed by atoms with Crippen LogP contribution in [0.4, 0.5) is 0 Å². The van der Waals surface area contributed by atoms with E-state index in [4.69, 9.17) is 0 Å². The average molecular weight is 701 g/mol. The monoisotopic (exact) mass is 700 g/mol. The molecule has 0 saturated carbocycles. The Morgan fingerprint density at radius 3 is 1.49 bits per heavy atom. The van der Waals surface area contributed by atoms with Gasteiger partial charge in [0, 0.05) is 0 Å². The summed E-state index contributed by atoms with van der Waals surface area (Å²) in [5.41, 5.74) is 0. The van der Waals surface area contributed by atoms with Crippen molar-refractivity contribution in [1.29, 1.82) is 0 Å². The first kappa shape index (κ1) is 27.5. The van der Waals surface area contributed by atoms with Gasteiger partial charge in [-0.1, -0.05) is 0 Å². The molecule has 246 valence electrons. The third-order valence-electron chi connectivity index (χ3n) is 24.2. The molecular formula is C36H66FeN2P2Si2. The third kappa shape index (κ3) is 0.705. The second-order valence-corrected chi connectivity index (χ2v) is 63.5. The van der Waals surface area contributed by atoms with Gasteiger partial charge < -0.3 is 0 Å². The Balaban J connectivity index is 1.23. The summed E-state index contributed by atoms with van der Waals surface area (Å²) in [4.78, 5) is 8.11. The summed E-state index contributed by atoms with van der Waals surface area (Å²) in [5, 5.41) is 9.55. The van der Waals surface area contributed by atoms with Gasteiger partial charge in [0.05, 0.1) is 0 Å². The molecular weight excluding hydrogens is 634 g/mol. The van der Waals surface area contributed by atoms with Crippen LogP contribution < -0.4 is 10.6 Å². The summed E-state index contributed by atoms with van der Waals surface area (Å²) in [6.45, 7) is 35.1. The van der Waals surface area contributed by atoms with Crippen molar-refractivity contribution >= 4 is 33.3 Å². The molecule has 2 nitrogen and oxygen atoms in total. The molecule has 0 bridgehead atoms. The summed E-state index contributed by atoms with van der Waals surface area (Å²) >= 11 is 0. The van der Waals surface area contributed by atoms with Crippen molar-refractivity contribution in [3.63, 3.8) is 0 Å². The van der Waals surface area contributed by atoms with Crippen LogP contribution in [0.25, 0.3) is 0 Å². The Kier molecular flexibility index (Phi) is 2.66. The molecule has 8 unspecified atom stereocenters. The van der Waals surface area contributed by atoms with Gasteiger partial charge >= 0.3 is 262 Å². The number of rotatable bonds is 7. The van der Waals surface area contributed by atoms with Crippen LogP contribution in [0.2, 0.25) is 84.7 Å². The molecule has 12 aliphatic rings. The van der Waals surface area contributed by atoms with E-state index in [0.29, 0.717) is 15.5 Å². The molecule has 8 atom stereocenters. The zero-order valence-corrected chi connectivity index (χ0v) is 35.0. The van der Waals surface area contributed by atoms with E-state index in [1.54, 1.807) is 6.16 Å². The zero-order valence-electron chi connectivity index (χ0n) is 29.9. The maximum absolute atomic E-state index is 4.26. The van der Waals surface area contributed by atoms with E-state index >= 15 is 0 Å². The molecule has 0 aliphatic carbocycles. The van der Waals surface area contributed by atoms with E-state index < -0.39 is 22.7 Å². The van der Waals surface area contributed by atoms with Crippen LogP contribution in [-0.4, -0.2) is 64.0 Å². The molecule has 43 heavy (non-hydrogen) atoms. The van der Waals surface area contributed by atoms with Gasteiger partial charge in [0.25, 0.3) is 0 Å². The fourth-order valence-electron chi connectivity index (χ4n) is 29.1. The van der Waals surface area contributed by atoms with Crippen molar-refractivity contribution in [2.45, 2.75) is 167 Å². The van der Waals surface area contributed by atoms with Gasteiger partial charge in [-0.2, -0.15) is 0 Å². The van der Waals surface area contributed by atoms with Gasteiger partial charge in [-0.3, -0.25) is 0 Å². The van der Waals surface area contributed by atoms with Crippen LogP contribution in [0.15, 0.2) is 0 Å². The van der Waals surface area contributed by atoms with Gasteiger partial charge in [0.2, 0.25) is 0 Å². The van der Waals surface area contributed by atoms with E-state index in [1.165, 1.54) is 80.8 Å². The zero-order chi connectivity index (χ0) is 30.8. The Bertz CT molecular complexity index is 1770. The molecule has 7 heteroatoms. The summed E-state index contributed by atoms with van der Waals surface area (Å²) in [6.07, 6.45) is 7.64.